The number of likely N-dealkylation sites (tertiary alicyclic amines) is 1. The maximum atomic E-state index is 13.1. The van der Waals surface area contributed by atoms with Crippen LogP contribution in [-0.2, 0) is 21.5 Å². The van der Waals surface area contributed by atoms with Crippen molar-refractivity contribution in [2.24, 2.45) is 0 Å². The van der Waals surface area contributed by atoms with Crippen LogP contribution in [0.1, 0.15) is 19.3 Å². The lowest BCUT2D eigenvalue weighted by molar-refractivity contribution is -0.0265. The van der Waals surface area contributed by atoms with Crippen molar-refractivity contribution >= 4 is 34.0 Å². The minimum Gasteiger partial charge on any atom is -0.359 e. The maximum absolute atomic E-state index is 13.1. The molecule has 0 saturated carbocycles. The molecule has 0 unspecified atom stereocenters. The van der Waals surface area contributed by atoms with Gasteiger partial charge in [-0.15, -0.1) is 5.10 Å². The molecule has 27 heavy (non-hydrogen) atoms. The van der Waals surface area contributed by atoms with E-state index in [-0.39, 0.29) is 22.2 Å². The fraction of sp³-hybridized carbons (Fsp3) is 0.875. The molecule has 11 heteroatoms. The molecule has 2 aliphatic rings. The van der Waals surface area contributed by atoms with Gasteiger partial charge in [0.15, 0.2) is 0 Å². The predicted molar refractivity (Wildman–Crippen MR) is 110 cm³/mol. The van der Waals surface area contributed by atoms with Gasteiger partial charge >= 0.3 is 0 Å². The Morgan fingerprint density at radius 1 is 1.19 bits per heavy atom. The summed E-state index contributed by atoms with van der Waals surface area (Å²) in [6.07, 6.45) is 2.89. The second kappa shape index (κ2) is 7.83. The highest BCUT2D eigenvalue weighted by atomic mass is 79.9. The average molecular weight is 481 g/mol. The third-order valence-electron chi connectivity index (χ3n) is 5.77. The van der Waals surface area contributed by atoms with Crippen molar-refractivity contribution in [2.75, 3.05) is 33.3 Å². The number of ether oxygens (including phenoxy) is 1. The summed E-state index contributed by atoms with van der Waals surface area (Å²) in [6.45, 7) is 9.68. The molecule has 3 heterocycles. The molecule has 1 aromatic rings. The summed E-state index contributed by atoms with van der Waals surface area (Å²) in [5.74, 6) is 0. The molecular weight excluding hydrogens is 450 g/mol. The average Bonchev–Trinajstić information content (AvgIpc) is 2.98. The van der Waals surface area contributed by atoms with Crippen molar-refractivity contribution in [2.45, 2.75) is 62.4 Å². The Bertz CT molecular complexity index is 772. The number of piperidine rings is 1. The van der Waals surface area contributed by atoms with E-state index in [1.807, 2.05) is 0 Å². The second-order valence-electron chi connectivity index (χ2n) is 8.81. The van der Waals surface area contributed by atoms with Crippen LogP contribution < -0.4 is 0 Å². The summed E-state index contributed by atoms with van der Waals surface area (Å²) in [5.41, 5.74) is 0.195. The van der Waals surface area contributed by atoms with E-state index < -0.39 is 18.1 Å². The molecule has 0 atom stereocenters. The van der Waals surface area contributed by atoms with E-state index in [4.69, 9.17) is 4.74 Å². The number of hydrogen-bond donors (Lipinski definition) is 0. The van der Waals surface area contributed by atoms with Gasteiger partial charge in [-0.2, -0.15) is 9.29 Å². The van der Waals surface area contributed by atoms with Gasteiger partial charge in [0.1, 0.15) is 6.73 Å². The number of halogens is 1. The van der Waals surface area contributed by atoms with Crippen molar-refractivity contribution in [1.82, 2.24) is 24.0 Å². The lowest BCUT2D eigenvalue weighted by atomic mass is 9.77. The molecule has 0 radical (unpaired) electrons. The van der Waals surface area contributed by atoms with Crippen molar-refractivity contribution in [3.8, 4) is 0 Å². The minimum atomic E-state index is -3.69. The van der Waals surface area contributed by atoms with E-state index in [0.29, 0.717) is 19.7 Å². The van der Waals surface area contributed by atoms with E-state index in [1.54, 1.807) is 4.31 Å². The van der Waals surface area contributed by atoms with Crippen LogP contribution >= 0.6 is 15.9 Å². The van der Waals surface area contributed by atoms with Gasteiger partial charge < -0.3 is 9.64 Å². The first-order valence-electron chi connectivity index (χ1n) is 9.43. The van der Waals surface area contributed by atoms with Gasteiger partial charge in [0.25, 0.3) is 15.2 Å². The van der Waals surface area contributed by atoms with E-state index in [2.05, 4.69) is 57.6 Å². The number of hydrogen-bond acceptors (Lipinski definition) is 6. The Morgan fingerprint density at radius 2 is 1.81 bits per heavy atom. The van der Waals surface area contributed by atoms with Crippen LogP contribution in [0, 0.1) is 0 Å². The fourth-order valence-corrected chi connectivity index (χ4v) is 6.34. The van der Waals surface area contributed by atoms with Crippen LogP contribution in [-0.4, -0.2) is 79.3 Å². The highest BCUT2D eigenvalue weighted by Gasteiger charge is 2.46. The summed E-state index contributed by atoms with van der Waals surface area (Å²) in [4.78, 5) is 6.48. The highest BCUT2D eigenvalue weighted by Crippen LogP contribution is 2.39. The largest absolute Gasteiger partial charge is 0.359 e. The number of nitrogens with zero attached hydrogens (tertiary/aromatic N) is 5. The van der Waals surface area contributed by atoms with Gasteiger partial charge in [0.2, 0.25) is 4.73 Å². The number of aromatic nitrogens is 3. The van der Waals surface area contributed by atoms with Crippen molar-refractivity contribution in [1.29, 1.82) is 0 Å². The quantitative estimate of drug-likeness (QED) is 0.440. The first-order chi connectivity index (χ1) is 12.5. The molecule has 154 valence electrons. The highest BCUT2D eigenvalue weighted by molar-refractivity contribution is 9.10. The van der Waals surface area contributed by atoms with E-state index in [1.165, 1.54) is 4.68 Å². The number of sulfonamides is 1. The molecule has 0 aromatic carbocycles. The Morgan fingerprint density at radius 3 is 2.33 bits per heavy atom. The van der Waals surface area contributed by atoms with Gasteiger partial charge in [-0.3, -0.25) is 0 Å². The molecule has 2 fully saturated rings. The molecule has 3 rings (SSSR count). The fourth-order valence-electron chi connectivity index (χ4n) is 3.65. The third kappa shape index (κ3) is 4.64. The van der Waals surface area contributed by atoms with Crippen LogP contribution in [0.15, 0.2) is 9.89 Å². The first kappa shape index (κ1) is 21.4. The predicted octanol–water partition coefficient (Wildman–Crippen LogP) is 2.21. The molecule has 0 N–H and O–H groups in total. The van der Waals surface area contributed by atoms with Crippen molar-refractivity contribution in [3.05, 3.63) is 4.73 Å². The summed E-state index contributed by atoms with van der Waals surface area (Å²) < 4.78 is 35.1. The second-order valence-corrected chi connectivity index (χ2v) is 17.0. The van der Waals surface area contributed by atoms with Gasteiger partial charge in [0.05, 0.1) is 0 Å². The van der Waals surface area contributed by atoms with E-state index >= 15 is 0 Å². The molecule has 0 amide bonds. The standard InChI is InChI=1S/C16H30BrN5O3SSi/c1-20-8-5-16(20)6-9-21(10-7-16)26(23,24)15-18-14(17)19-22(15)13-25-11-12-27(2,3)4/h5-13H2,1-4H3. The van der Waals surface area contributed by atoms with Gasteiger partial charge in [-0.05, 0) is 48.3 Å². The lowest BCUT2D eigenvalue weighted by Gasteiger charge is -2.54. The SMILES string of the molecule is CN1CCC12CCN(S(=O)(=O)c1nc(Br)nn1COCC[Si](C)(C)C)CC2. The normalized spacial score (nSPS) is 21.5. The molecule has 0 aliphatic carbocycles. The molecule has 1 spiro atoms. The lowest BCUT2D eigenvalue weighted by Crippen LogP contribution is -2.62. The van der Waals surface area contributed by atoms with Gasteiger partial charge in [-0.1, -0.05) is 19.6 Å². The molecule has 2 aliphatic heterocycles. The smallest absolute Gasteiger partial charge is 0.278 e. The Kier molecular flexibility index (Phi) is 6.20. The van der Waals surface area contributed by atoms with Crippen molar-refractivity contribution in [3.63, 3.8) is 0 Å². The van der Waals surface area contributed by atoms with E-state index in [9.17, 15) is 8.42 Å². The molecule has 0 bridgehead atoms. The first-order valence-corrected chi connectivity index (χ1v) is 15.4. The van der Waals surface area contributed by atoms with Crippen LogP contribution in [0.25, 0.3) is 0 Å². The zero-order valence-corrected chi connectivity index (χ0v) is 20.0. The molecular formula is C16H30BrN5O3SSi. The topological polar surface area (TPSA) is 80.6 Å². The zero-order valence-electron chi connectivity index (χ0n) is 16.6. The van der Waals surface area contributed by atoms with E-state index in [0.717, 1.165) is 31.9 Å². The molecule has 8 nitrogen and oxygen atoms in total. The summed E-state index contributed by atoms with van der Waals surface area (Å²) >= 11 is 3.21. The van der Waals surface area contributed by atoms with Crippen molar-refractivity contribution < 1.29 is 13.2 Å². The maximum Gasteiger partial charge on any atom is 0.278 e. The third-order valence-corrected chi connectivity index (χ3v) is 9.62. The molecule has 2 saturated heterocycles. The summed E-state index contributed by atoms with van der Waals surface area (Å²) in [6, 6.07) is 1.02. The van der Waals surface area contributed by atoms with Gasteiger partial charge in [-0.25, -0.2) is 13.1 Å². The minimum absolute atomic E-state index is 0.0414. The summed E-state index contributed by atoms with van der Waals surface area (Å²) in [5, 5.41) is 4.13. The Labute approximate surface area is 171 Å². The molecule has 1 aromatic heterocycles. The monoisotopic (exact) mass is 479 g/mol. The number of rotatable bonds is 7. The van der Waals surface area contributed by atoms with Crippen LogP contribution in [0.5, 0.6) is 0 Å². The summed E-state index contributed by atoms with van der Waals surface area (Å²) in [7, 11) is -2.76. The zero-order chi connectivity index (χ0) is 19.9. The Balaban J connectivity index is 1.66. The van der Waals surface area contributed by atoms with Crippen LogP contribution in [0.2, 0.25) is 25.7 Å². The Hall–Kier alpha value is -0.333. The van der Waals surface area contributed by atoms with Crippen LogP contribution in [0.3, 0.4) is 0 Å². The van der Waals surface area contributed by atoms with Gasteiger partial charge in [0, 0.05) is 39.9 Å². The van der Waals surface area contributed by atoms with Crippen LogP contribution in [0.4, 0.5) is 0 Å².